The van der Waals surface area contributed by atoms with Gasteiger partial charge in [-0.15, -0.1) is 0 Å². The molecule has 0 amide bonds. The highest BCUT2D eigenvalue weighted by Gasteiger charge is 1.90. The van der Waals surface area contributed by atoms with Crippen LogP contribution >= 0.6 is 43.2 Å². The zero-order valence-corrected chi connectivity index (χ0v) is 10.4. The van der Waals surface area contributed by atoms with Crippen molar-refractivity contribution >= 4 is 43.2 Å². The predicted octanol–water partition coefficient (Wildman–Crippen LogP) is 4.18. The Labute approximate surface area is 86.2 Å². The molecule has 0 bridgehead atoms. The first kappa shape index (κ1) is 12.4. The van der Waals surface area contributed by atoms with Crippen molar-refractivity contribution in [1.82, 2.24) is 0 Å². The Kier molecular flexibility index (Phi) is 12.9. The zero-order chi connectivity index (χ0) is 8.36. The molecule has 0 aliphatic carbocycles. The first-order chi connectivity index (χ1) is 5.41. The second kappa shape index (κ2) is 11.4. The van der Waals surface area contributed by atoms with Crippen molar-refractivity contribution in [3.63, 3.8) is 0 Å². The third-order valence-corrected chi connectivity index (χ3v) is 5.54. The van der Waals surface area contributed by atoms with Gasteiger partial charge >= 0.3 is 0 Å². The van der Waals surface area contributed by atoms with E-state index < -0.39 is 0 Å². The van der Waals surface area contributed by atoms with E-state index in [1.54, 1.807) is 0 Å². The maximum Gasteiger partial charge on any atom is 0.00450 e. The molecule has 11 heavy (non-hydrogen) atoms. The largest absolute Gasteiger partial charge is 0.0976 e. The fraction of sp³-hybridized carbons (Fsp3) is 1.00. The normalized spacial score (nSPS) is 10.4. The van der Waals surface area contributed by atoms with Crippen LogP contribution in [0, 0.1) is 0 Å². The van der Waals surface area contributed by atoms with Gasteiger partial charge in [0.05, 0.1) is 0 Å². The minimum atomic E-state index is 1.30. The minimum absolute atomic E-state index is 1.30. The van der Waals surface area contributed by atoms with Crippen molar-refractivity contribution in [2.24, 2.45) is 0 Å². The molecule has 0 radical (unpaired) electrons. The topological polar surface area (TPSA) is 0 Å². The second-order valence-electron chi connectivity index (χ2n) is 1.99. The monoisotopic (exact) mass is 228 g/mol. The molecule has 0 saturated heterocycles. The van der Waals surface area contributed by atoms with E-state index in [2.05, 4.69) is 13.2 Å². The van der Waals surface area contributed by atoms with Gasteiger partial charge in [-0.1, -0.05) is 50.1 Å². The molecule has 0 saturated carbocycles. The Hall–Kier alpha value is 1.40. The van der Waals surface area contributed by atoms with E-state index in [9.17, 15) is 0 Å². The molecule has 0 aromatic carbocycles. The van der Waals surface area contributed by atoms with E-state index in [4.69, 9.17) is 0 Å². The van der Waals surface area contributed by atoms with E-state index in [-0.39, 0.29) is 0 Å². The van der Waals surface area contributed by atoms with Gasteiger partial charge in [-0.2, -0.15) is 0 Å². The highest BCUT2D eigenvalue weighted by Crippen LogP contribution is 2.24. The molecule has 0 fully saturated rings. The van der Waals surface area contributed by atoms with Crippen LogP contribution in [0.4, 0.5) is 0 Å². The van der Waals surface area contributed by atoms with Gasteiger partial charge in [0, 0.05) is 17.3 Å². The Morgan fingerprint density at radius 3 is 2.18 bits per heavy atom. The Balaban J connectivity index is 2.69. The smallest absolute Gasteiger partial charge is 0.00450 e. The molecule has 0 spiro atoms. The average molecular weight is 228 g/mol. The minimum Gasteiger partial charge on any atom is -0.0976 e. The molecular weight excluding hydrogens is 212 g/mol. The molecule has 0 nitrogen and oxygen atoms in total. The Morgan fingerprint density at radius 2 is 1.55 bits per heavy atom. The lowest BCUT2D eigenvalue weighted by atomic mass is 10.6. The van der Waals surface area contributed by atoms with E-state index >= 15 is 0 Å². The molecule has 0 aliphatic heterocycles. The van der Waals surface area contributed by atoms with Crippen LogP contribution < -0.4 is 0 Å². The van der Waals surface area contributed by atoms with Crippen LogP contribution in [-0.4, -0.2) is 23.5 Å². The van der Waals surface area contributed by atoms with Crippen LogP contribution in [0.25, 0.3) is 0 Å². The zero-order valence-electron chi connectivity index (χ0n) is 7.17. The summed E-state index contributed by atoms with van der Waals surface area (Å²) in [4.78, 5) is 0. The molecule has 0 aromatic rings. The van der Waals surface area contributed by atoms with Gasteiger partial charge in [0.2, 0.25) is 0 Å². The molecule has 0 aromatic heterocycles. The van der Waals surface area contributed by atoms with Gasteiger partial charge in [-0.25, -0.2) is 0 Å². The van der Waals surface area contributed by atoms with Crippen molar-refractivity contribution in [1.29, 1.82) is 0 Å². The standard InChI is InChI=1S/C7H16S4/c1-3-5-10-11-7-4-6-9-8-2/h3-7H2,1-2H3. The molecule has 4 heteroatoms. The molecule has 0 unspecified atom stereocenters. The van der Waals surface area contributed by atoms with Crippen LogP contribution in [0.5, 0.6) is 0 Å². The summed E-state index contributed by atoms with van der Waals surface area (Å²) in [7, 11) is 7.87. The number of hydrogen-bond acceptors (Lipinski definition) is 4. The molecule has 0 N–H and O–H groups in total. The molecular formula is C7H16S4. The van der Waals surface area contributed by atoms with Crippen molar-refractivity contribution < 1.29 is 0 Å². The van der Waals surface area contributed by atoms with Gasteiger partial charge in [-0.05, 0) is 19.1 Å². The van der Waals surface area contributed by atoms with Gasteiger partial charge in [-0.3, -0.25) is 0 Å². The van der Waals surface area contributed by atoms with Crippen LogP contribution in [0.15, 0.2) is 0 Å². The van der Waals surface area contributed by atoms with Gasteiger partial charge in [0.15, 0.2) is 0 Å². The fourth-order valence-corrected chi connectivity index (χ4v) is 4.15. The Bertz CT molecular complexity index is 59.5. The SMILES string of the molecule is CCCSSCCCSSC. The third-order valence-electron chi connectivity index (χ3n) is 0.944. The summed E-state index contributed by atoms with van der Waals surface area (Å²) in [6.45, 7) is 2.23. The maximum atomic E-state index is 2.23. The van der Waals surface area contributed by atoms with E-state index in [0.29, 0.717) is 0 Å². The summed E-state index contributed by atoms with van der Waals surface area (Å²) in [5, 5.41) is 0. The van der Waals surface area contributed by atoms with Gasteiger partial charge in [0.25, 0.3) is 0 Å². The summed E-state index contributed by atoms with van der Waals surface area (Å²) < 4.78 is 0. The molecule has 0 aliphatic rings. The second-order valence-corrected chi connectivity index (χ2v) is 7.37. The van der Waals surface area contributed by atoms with E-state index in [0.717, 1.165) is 0 Å². The van der Waals surface area contributed by atoms with E-state index in [1.807, 2.05) is 43.2 Å². The quantitative estimate of drug-likeness (QED) is 0.451. The summed E-state index contributed by atoms with van der Waals surface area (Å²) >= 11 is 0. The third kappa shape index (κ3) is 11.4. The molecule has 68 valence electrons. The number of hydrogen-bond donors (Lipinski definition) is 0. The lowest BCUT2D eigenvalue weighted by molar-refractivity contribution is 1.11. The van der Waals surface area contributed by atoms with Crippen molar-refractivity contribution in [2.45, 2.75) is 19.8 Å². The number of rotatable bonds is 8. The first-order valence-electron chi connectivity index (χ1n) is 3.81. The summed E-state index contributed by atoms with van der Waals surface area (Å²) in [5.41, 5.74) is 0. The average Bonchev–Trinajstić information content (AvgIpc) is 2.03. The van der Waals surface area contributed by atoms with Gasteiger partial charge in [0.1, 0.15) is 0 Å². The Morgan fingerprint density at radius 1 is 0.909 bits per heavy atom. The van der Waals surface area contributed by atoms with Crippen molar-refractivity contribution in [2.75, 3.05) is 23.5 Å². The van der Waals surface area contributed by atoms with E-state index in [1.165, 1.54) is 30.1 Å². The van der Waals surface area contributed by atoms with Crippen LogP contribution in [0.3, 0.4) is 0 Å². The molecule has 0 rings (SSSR count). The van der Waals surface area contributed by atoms with Crippen molar-refractivity contribution in [3.8, 4) is 0 Å². The maximum absolute atomic E-state index is 2.23. The fourth-order valence-electron chi connectivity index (χ4n) is 0.461. The first-order valence-corrected chi connectivity index (χ1v) is 9.03. The lowest BCUT2D eigenvalue weighted by Crippen LogP contribution is -1.80. The lowest BCUT2D eigenvalue weighted by Gasteiger charge is -1.98. The molecule has 0 atom stereocenters. The van der Waals surface area contributed by atoms with Gasteiger partial charge < -0.3 is 0 Å². The van der Waals surface area contributed by atoms with Crippen LogP contribution in [-0.2, 0) is 0 Å². The van der Waals surface area contributed by atoms with Crippen LogP contribution in [0.1, 0.15) is 19.8 Å². The predicted molar refractivity (Wildman–Crippen MR) is 65.8 cm³/mol. The summed E-state index contributed by atoms with van der Waals surface area (Å²) in [6, 6.07) is 0. The summed E-state index contributed by atoms with van der Waals surface area (Å²) in [6.07, 6.45) is 4.80. The highest BCUT2D eigenvalue weighted by atomic mass is 33.1. The summed E-state index contributed by atoms with van der Waals surface area (Å²) in [5.74, 6) is 3.93. The van der Waals surface area contributed by atoms with Crippen molar-refractivity contribution in [3.05, 3.63) is 0 Å². The molecule has 0 heterocycles. The highest BCUT2D eigenvalue weighted by molar-refractivity contribution is 8.77. The van der Waals surface area contributed by atoms with Crippen LogP contribution in [0.2, 0.25) is 0 Å².